The van der Waals surface area contributed by atoms with E-state index in [1.807, 2.05) is 30.0 Å². The fourth-order valence-corrected chi connectivity index (χ4v) is 5.59. The molecule has 3 aromatic rings. The Balaban J connectivity index is 1.51. The third kappa shape index (κ3) is 4.06. The fraction of sp³-hybridized carbons (Fsp3) is 0.381. The number of rotatable bonds is 5. The van der Waals surface area contributed by atoms with E-state index in [-0.39, 0.29) is 11.2 Å². The zero-order valence-corrected chi connectivity index (χ0v) is 17.9. The summed E-state index contributed by atoms with van der Waals surface area (Å²) < 4.78 is 0. The molecule has 28 heavy (non-hydrogen) atoms. The van der Waals surface area contributed by atoms with Gasteiger partial charge in [-0.3, -0.25) is 4.79 Å². The third-order valence-corrected chi connectivity index (χ3v) is 7.47. The molecule has 1 N–H and O–H groups in total. The zero-order valence-electron chi connectivity index (χ0n) is 16.2. The Morgan fingerprint density at radius 3 is 2.71 bits per heavy atom. The lowest BCUT2D eigenvalue weighted by molar-refractivity contribution is -0.902. The second-order valence-electron chi connectivity index (χ2n) is 7.06. The van der Waals surface area contributed by atoms with Crippen LogP contribution in [0.5, 0.6) is 0 Å². The minimum absolute atomic E-state index is 0.152. The van der Waals surface area contributed by atoms with Gasteiger partial charge < -0.3 is 9.80 Å². The van der Waals surface area contributed by atoms with E-state index in [9.17, 15) is 4.79 Å². The molecular formula is C21H25N4OS2+. The van der Waals surface area contributed by atoms with Crippen molar-refractivity contribution in [2.24, 2.45) is 0 Å². The van der Waals surface area contributed by atoms with Crippen LogP contribution in [-0.4, -0.2) is 58.7 Å². The van der Waals surface area contributed by atoms with Gasteiger partial charge in [0.25, 0.3) is 0 Å². The monoisotopic (exact) mass is 413 g/mol. The molecule has 0 bridgehead atoms. The molecular weight excluding hydrogens is 388 g/mol. The van der Waals surface area contributed by atoms with E-state index in [0.29, 0.717) is 0 Å². The van der Waals surface area contributed by atoms with Crippen LogP contribution in [0.2, 0.25) is 0 Å². The van der Waals surface area contributed by atoms with Crippen molar-refractivity contribution in [1.82, 2.24) is 14.9 Å². The summed E-state index contributed by atoms with van der Waals surface area (Å²) >= 11 is 3.22. The van der Waals surface area contributed by atoms with Gasteiger partial charge in [0.2, 0.25) is 5.91 Å². The van der Waals surface area contributed by atoms with Crippen LogP contribution in [0, 0.1) is 0 Å². The number of piperazine rings is 1. The maximum absolute atomic E-state index is 12.9. The first-order valence-electron chi connectivity index (χ1n) is 9.74. The van der Waals surface area contributed by atoms with Crippen molar-refractivity contribution in [1.29, 1.82) is 0 Å². The first-order valence-corrected chi connectivity index (χ1v) is 11.4. The lowest BCUT2D eigenvalue weighted by Gasteiger charge is -2.32. The van der Waals surface area contributed by atoms with Crippen molar-refractivity contribution in [3.05, 3.63) is 42.7 Å². The number of thioether (sulfide) groups is 1. The number of likely N-dealkylation sites (N-methyl/N-ethyl adjacent to an activating group) is 1. The number of quaternary nitrogens is 1. The Bertz CT molecular complexity index is 951. The normalized spacial score (nSPS) is 16.4. The molecule has 1 aromatic carbocycles. The summed E-state index contributed by atoms with van der Waals surface area (Å²) in [5.74, 6) is 0.213. The van der Waals surface area contributed by atoms with Gasteiger partial charge in [-0.05, 0) is 25.5 Å². The van der Waals surface area contributed by atoms with Gasteiger partial charge in [0.05, 0.1) is 38.0 Å². The molecule has 1 atom stereocenters. The van der Waals surface area contributed by atoms with Gasteiger partial charge in [-0.1, -0.05) is 42.1 Å². The summed E-state index contributed by atoms with van der Waals surface area (Å²) in [5.41, 5.74) is 1.18. The predicted octanol–water partition coefficient (Wildman–Crippen LogP) is 2.59. The summed E-state index contributed by atoms with van der Waals surface area (Å²) in [4.78, 5) is 27.6. The van der Waals surface area contributed by atoms with Crippen molar-refractivity contribution in [3.63, 3.8) is 0 Å². The molecule has 0 saturated carbocycles. The Morgan fingerprint density at radius 2 is 2.00 bits per heavy atom. The summed E-state index contributed by atoms with van der Waals surface area (Å²) in [6, 6.07) is 12.5. The molecule has 0 aliphatic carbocycles. The molecule has 7 heteroatoms. The van der Waals surface area contributed by atoms with Crippen LogP contribution in [0.1, 0.15) is 13.8 Å². The highest BCUT2D eigenvalue weighted by Gasteiger charge is 2.27. The molecule has 0 spiro atoms. The maximum Gasteiger partial charge on any atom is 0.236 e. The number of hydrogen-bond acceptors (Lipinski definition) is 5. The molecule has 2 aromatic heterocycles. The van der Waals surface area contributed by atoms with E-state index in [1.54, 1.807) is 34.3 Å². The van der Waals surface area contributed by atoms with Gasteiger partial charge in [-0.25, -0.2) is 9.97 Å². The first kappa shape index (κ1) is 19.4. The summed E-state index contributed by atoms with van der Waals surface area (Å²) in [5, 5.41) is 1.78. The van der Waals surface area contributed by atoms with Crippen LogP contribution in [-0.2, 0) is 4.79 Å². The predicted molar refractivity (Wildman–Crippen MR) is 116 cm³/mol. The van der Waals surface area contributed by atoms with Crippen LogP contribution >= 0.6 is 23.1 Å². The van der Waals surface area contributed by atoms with Crippen molar-refractivity contribution >= 4 is 39.2 Å². The largest absolute Gasteiger partial charge is 0.332 e. The minimum Gasteiger partial charge on any atom is -0.332 e. The van der Waals surface area contributed by atoms with Gasteiger partial charge >= 0.3 is 0 Å². The lowest BCUT2D eigenvalue weighted by atomic mass is 10.2. The molecule has 1 aliphatic heterocycles. The maximum atomic E-state index is 12.9. The first-order chi connectivity index (χ1) is 13.7. The van der Waals surface area contributed by atoms with E-state index >= 15 is 0 Å². The molecule has 0 radical (unpaired) electrons. The number of fused-ring (bicyclic) bond motifs is 1. The average Bonchev–Trinajstić information content (AvgIpc) is 3.19. The van der Waals surface area contributed by atoms with E-state index < -0.39 is 0 Å². The molecule has 1 aliphatic rings. The topological polar surface area (TPSA) is 50.5 Å². The van der Waals surface area contributed by atoms with Gasteiger partial charge in [0.1, 0.15) is 16.2 Å². The Kier molecular flexibility index (Phi) is 5.94. The Hall–Kier alpha value is -1.96. The average molecular weight is 414 g/mol. The number of aromatic nitrogens is 2. The molecule has 146 valence electrons. The fourth-order valence-electron chi connectivity index (χ4n) is 3.54. The zero-order chi connectivity index (χ0) is 19.5. The lowest BCUT2D eigenvalue weighted by Crippen LogP contribution is -3.14. The van der Waals surface area contributed by atoms with Crippen molar-refractivity contribution in [2.75, 3.05) is 32.7 Å². The summed E-state index contributed by atoms with van der Waals surface area (Å²) in [6.45, 7) is 9.11. The quantitative estimate of drug-likeness (QED) is 0.516. The van der Waals surface area contributed by atoms with Gasteiger partial charge in [-0.15, -0.1) is 11.3 Å². The Morgan fingerprint density at radius 1 is 1.25 bits per heavy atom. The van der Waals surface area contributed by atoms with Crippen molar-refractivity contribution in [3.8, 4) is 10.4 Å². The Labute approximate surface area is 173 Å². The molecule has 0 unspecified atom stereocenters. The van der Waals surface area contributed by atoms with E-state index in [1.165, 1.54) is 10.4 Å². The smallest absolute Gasteiger partial charge is 0.236 e. The highest BCUT2D eigenvalue weighted by molar-refractivity contribution is 8.00. The van der Waals surface area contributed by atoms with E-state index in [0.717, 1.165) is 48.0 Å². The van der Waals surface area contributed by atoms with Crippen LogP contribution in [0.3, 0.4) is 0 Å². The van der Waals surface area contributed by atoms with Crippen molar-refractivity contribution < 1.29 is 9.69 Å². The number of carbonyl (C=O) groups excluding carboxylic acids is 1. The molecule has 5 nitrogen and oxygen atoms in total. The van der Waals surface area contributed by atoms with E-state index in [2.05, 4.69) is 35.1 Å². The number of benzene rings is 1. The third-order valence-electron chi connectivity index (χ3n) is 5.27. The highest BCUT2D eigenvalue weighted by Crippen LogP contribution is 2.37. The van der Waals surface area contributed by atoms with E-state index in [4.69, 9.17) is 0 Å². The molecule has 1 amide bonds. The molecule has 1 fully saturated rings. The number of carbonyl (C=O) groups is 1. The second-order valence-corrected chi connectivity index (χ2v) is 9.42. The minimum atomic E-state index is -0.152. The second kappa shape index (κ2) is 8.59. The van der Waals surface area contributed by atoms with Crippen LogP contribution < -0.4 is 4.90 Å². The molecule has 1 saturated heterocycles. The van der Waals surface area contributed by atoms with Crippen LogP contribution in [0.15, 0.2) is 47.8 Å². The summed E-state index contributed by atoms with van der Waals surface area (Å²) in [6.07, 6.45) is 1.61. The van der Waals surface area contributed by atoms with Gasteiger partial charge in [0.15, 0.2) is 0 Å². The standard InChI is InChI=1S/C21H24N4OS2/c1-3-24-9-11-25(12-10-24)21(26)15(2)27-19-17-13-18(16-7-5-4-6-8-16)28-20(17)23-14-22-19/h4-8,13-15H,3,9-12H2,1-2H3/p+1/t15-/m0/s1. The number of nitrogens with one attached hydrogen (secondary N) is 1. The molecule has 4 rings (SSSR count). The number of hydrogen-bond donors (Lipinski definition) is 1. The number of nitrogens with zero attached hydrogens (tertiary/aromatic N) is 3. The van der Waals surface area contributed by atoms with Crippen LogP contribution in [0.4, 0.5) is 0 Å². The SMILES string of the molecule is CC[NH+]1CCN(C(=O)[C@H](C)Sc2ncnc3sc(-c4ccccc4)cc23)CC1. The van der Waals surface area contributed by atoms with Crippen LogP contribution in [0.25, 0.3) is 20.7 Å². The highest BCUT2D eigenvalue weighted by atomic mass is 32.2. The van der Waals surface area contributed by atoms with Gasteiger partial charge in [0, 0.05) is 10.3 Å². The van der Waals surface area contributed by atoms with Gasteiger partial charge in [-0.2, -0.15) is 0 Å². The molecule has 3 heterocycles. The van der Waals surface area contributed by atoms with Crippen molar-refractivity contribution in [2.45, 2.75) is 24.1 Å². The summed E-state index contributed by atoms with van der Waals surface area (Å²) in [7, 11) is 0. The number of amides is 1. The number of thiophene rings is 1.